The highest BCUT2D eigenvalue weighted by Gasteiger charge is 2.00. The van der Waals surface area contributed by atoms with Crippen molar-refractivity contribution in [3.05, 3.63) is 0 Å². The van der Waals surface area contributed by atoms with Gasteiger partial charge in [0.1, 0.15) is 0 Å². The number of nitrogens with zero attached hydrogens (tertiary/aromatic N) is 1. The van der Waals surface area contributed by atoms with E-state index in [1.54, 1.807) is 0 Å². The lowest BCUT2D eigenvalue weighted by Gasteiger charge is -2.05. The molecule has 0 bridgehead atoms. The van der Waals surface area contributed by atoms with Crippen molar-refractivity contribution >= 4 is 0 Å². The molecule has 0 saturated heterocycles. The van der Waals surface area contributed by atoms with Crippen LogP contribution < -0.4 is 0 Å². The minimum Gasteiger partial charge on any atom is -0.198 e. The maximum Gasteiger partial charge on any atom is 0.0624 e. The zero-order valence-corrected chi connectivity index (χ0v) is 9.89. The number of rotatable bonds is 9. The summed E-state index contributed by atoms with van der Waals surface area (Å²) in [5.74, 6) is 0.607. The Morgan fingerprint density at radius 3 is 2.14 bits per heavy atom. The Bertz CT molecular complexity index is 146. The van der Waals surface area contributed by atoms with Crippen molar-refractivity contribution in [2.24, 2.45) is 5.92 Å². The Hall–Kier alpha value is -0.510. The van der Waals surface area contributed by atoms with Crippen molar-refractivity contribution in [3.8, 4) is 6.07 Å². The fourth-order valence-electron chi connectivity index (χ4n) is 1.71. The van der Waals surface area contributed by atoms with Gasteiger partial charge in [0, 0.05) is 6.42 Å². The quantitative estimate of drug-likeness (QED) is 0.490. The fourth-order valence-corrected chi connectivity index (χ4v) is 1.71. The molecular weight excluding hydrogens is 170 g/mol. The van der Waals surface area contributed by atoms with Gasteiger partial charge in [0.05, 0.1) is 6.07 Å². The van der Waals surface area contributed by atoms with Crippen molar-refractivity contribution in [1.29, 1.82) is 5.26 Å². The van der Waals surface area contributed by atoms with Gasteiger partial charge < -0.3 is 0 Å². The summed E-state index contributed by atoms with van der Waals surface area (Å²) in [5.41, 5.74) is 0. The second-order valence-electron chi connectivity index (χ2n) is 4.38. The van der Waals surface area contributed by atoms with Gasteiger partial charge in [-0.05, 0) is 12.3 Å². The van der Waals surface area contributed by atoms with Gasteiger partial charge in [-0.1, -0.05) is 58.8 Å². The van der Waals surface area contributed by atoms with Gasteiger partial charge in [-0.3, -0.25) is 0 Å². The molecule has 0 N–H and O–H groups in total. The molecule has 1 atom stereocenters. The van der Waals surface area contributed by atoms with Crippen LogP contribution in [-0.4, -0.2) is 0 Å². The smallest absolute Gasteiger partial charge is 0.0624 e. The van der Waals surface area contributed by atoms with Crippen LogP contribution >= 0.6 is 0 Å². The van der Waals surface area contributed by atoms with E-state index in [9.17, 15) is 0 Å². The van der Waals surface area contributed by atoms with Crippen LogP contribution in [-0.2, 0) is 0 Å². The Morgan fingerprint density at radius 1 is 1.00 bits per heavy atom. The molecule has 0 aliphatic carbocycles. The molecule has 0 aliphatic heterocycles. The highest BCUT2D eigenvalue weighted by molar-refractivity contribution is 4.72. The van der Waals surface area contributed by atoms with Gasteiger partial charge in [-0.2, -0.15) is 5.26 Å². The first-order valence-corrected chi connectivity index (χ1v) is 6.18. The zero-order chi connectivity index (χ0) is 10.6. The Morgan fingerprint density at radius 2 is 1.57 bits per heavy atom. The molecule has 0 fully saturated rings. The summed E-state index contributed by atoms with van der Waals surface area (Å²) in [4.78, 5) is 0. The number of nitriles is 1. The summed E-state index contributed by atoms with van der Waals surface area (Å²) in [6, 6.07) is 2.24. The molecule has 82 valence electrons. The predicted octanol–water partition coefficient (Wildman–Crippen LogP) is 4.68. The molecule has 0 amide bonds. The molecule has 1 heteroatoms. The average molecular weight is 195 g/mol. The van der Waals surface area contributed by atoms with Crippen molar-refractivity contribution in [1.82, 2.24) is 0 Å². The molecule has 0 aromatic carbocycles. The normalized spacial score (nSPS) is 12.4. The molecule has 0 heterocycles. The second-order valence-corrected chi connectivity index (χ2v) is 4.38. The molecule has 0 radical (unpaired) electrons. The number of hydrogen-bond donors (Lipinski definition) is 0. The van der Waals surface area contributed by atoms with Crippen LogP contribution in [0.3, 0.4) is 0 Å². The molecule has 0 saturated carbocycles. The first-order valence-electron chi connectivity index (χ1n) is 6.18. The van der Waals surface area contributed by atoms with Crippen molar-refractivity contribution < 1.29 is 0 Å². The van der Waals surface area contributed by atoms with Crippen LogP contribution in [0.4, 0.5) is 0 Å². The van der Waals surface area contributed by atoms with Gasteiger partial charge in [0.2, 0.25) is 0 Å². The molecule has 1 nitrogen and oxygen atoms in total. The third-order valence-corrected chi connectivity index (χ3v) is 2.74. The van der Waals surface area contributed by atoms with Gasteiger partial charge in [-0.15, -0.1) is 0 Å². The van der Waals surface area contributed by atoms with Crippen LogP contribution in [0, 0.1) is 17.2 Å². The van der Waals surface area contributed by atoms with Crippen molar-refractivity contribution in [2.75, 3.05) is 0 Å². The van der Waals surface area contributed by atoms with Crippen LogP contribution in [0.5, 0.6) is 0 Å². The minimum atomic E-state index is 0.607. The fraction of sp³-hybridized carbons (Fsp3) is 0.923. The first-order chi connectivity index (χ1) is 6.81. The summed E-state index contributed by atoms with van der Waals surface area (Å²) in [5, 5.41) is 8.49. The Kier molecular flexibility index (Phi) is 10.2. The zero-order valence-electron chi connectivity index (χ0n) is 9.89. The number of unbranched alkanes of at least 4 members (excludes halogenated alkanes) is 6. The van der Waals surface area contributed by atoms with Gasteiger partial charge in [0.25, 0.3) is 0 Å². The maximum absolute atomic E-state index is 8.49. The van der Waals surface area contributed by atoms with E-state index >= 15 is 0 Å². The van der Waals surface area contributed by atoms with E-state index in [0.717, 1.165) is 6.42 Å². The van der Waals surface area contributed by atoms with Crippen LogP contribution in [0.25, 0.3) is 0 Å². The Labute approximate surface area is 89.5 Å². The third kappa shape index (κ3) is 9.58. The summed E-state index contributed by atoms with van der Waals surface area (Å²) < 4.78 is 0. The van der Waals surface area contributed by atoms with Crippen LogP contribution in [0.15, 0.2) is 0 Å². The average Bonchev–Trinajstić information content (AvgIpc) is 2.17. The minimum absolute atomic E-state index is 0.607. The monoisotopic (exact) mass is 195 g/mol. The van der Waals surface area contributed by atoms with Crippen molar-refractivity contribution in [2.45, 2.75) is 71.6 Å². The standard InChI is InChI=1S/C13H25N/c1-3-4-5-6-7-8-9-10-13(2)11-12-14/h13H,3-11H2,1-2H3/t13-/m0/s1. The van der Waals surface area contributed by atoms with Gasteiger partial charge in [-0.25, -0.2) is 0 Å². The summed E-state index contributed by atoms with van der Waals surface area (Å²) in [6.45, 7) is 4.43. The molecule has 0 aromatic heterocycles. The molecule has 0 aromatic rings. The third-order valence-electron chi connectivity index (χ3n) is 2.74. The van der Waals surface area contributed by atoms with E-state index < -0.39 is 0 Å². The number of hydrogen-bond acceptors (Lipinski definition) is 1. The molecule has 0 unspecified atom stereocenters. The summed E-state index contributed by atoms with van der Waals surface area (Å²) in [7, 11) is 0. The topological polar surface area (TPSA) is 23.8 Å². The highest BCUT2D eigenvalue weighted by atomic mass is 14.2. The summed E-state index contributed by atoms with van der Waals surface area (Å²) >= 11 is 0. The highest BCUT2D eigenvalue weighted by Crippen LogP contribution is 2.14. The largest absolute Gasteiger partial charge is 0.198 e. The summed E-state index contributed by atoms with van der Waals surface area (Å²) in [6.07, 6.45) is 11.6. The van der Waals surface area contributed by atoms with E-state index in [1.165, 1.54) is 51.4 Å². The molecule has 14 heavy (non-hydrogen) atoms. The van der Waals surface area contributed by atoms with Crippen LogP contribution in [0.2, 0.25) is 0 Å². The second kappa shape index (κ2) is 10.6. The van der Waals surface area contributed by atoms with Gasteiger partial charge in [0.15, 0.2) is 0 Å². The Balaban J connectivity index is 3.02. The lowest BCUT2D eigenvalue weighted by atomic mass is 9.99. The van der Waals surface area contributed by atoms with E-state index in [-0.39, 0.29) is 0 Å². The first kappa shape index (κ1) is 13.5. The molecule has 0 rings (SSSR count). The lowest BCUT2D eigenvalue weighted by molar-refractivity contribution is 0.488. The van der Waals surface area contributed by atoms with E-state index in [0.29, 0.717) is 5.92 Å². The lowest BCUT2D eigenvalue weighted by Crippen LogP contribution is -1.92. The molecule has 0 spiro atoms. The predicted molar refractivity (Wildman–Crippen MR) is 62.0 cm³/mol. The van der Waals surface area contributed by atoms with E-state index in [2.05, 4.69) is 19.9 Å². The van der Waals surface area contributed by atoms with Gasteiger partial charge >= 0.3 is 0 Å². The van der Waals surface area contributed by atoms with Crippen molar-refractivity contribution in [3.63, 3.8) is 0 Å². The molecule has 0 aliphatic rings. The van der Waals surface area contributed by atoms with E-state index in [4.69, 9.17) is 5.26 Å². The van der Waals surface area contributed by atoms with E-state index in [1.807, 2.05) is 0 Å². The maximum atomic E-state index is 8.49. The molecular formula is C13H25N. The SMILES string of the molecule is CCCCCCCCC[C@H](C)CC#N. The van der Waals surface area contributed by atoms with Crippen LogP contribution in [0.1, 0.15) is 71.6 Å².